The van der Waals surface area contributed by atoms with E-state index in [4.69, 9.17) is 4.74 Å². The van der Waals surface area contributed by atoms with Crippen molar-refractivity contribution in [3.63, 3.8) is 0 Å². The molecule has 1 saturated heterocycles. The van der Waals surface area contributed by atoms with E-state index in [0.717, 1.165) is 25.9 Å². The van der Waals surface area contributed by atoms with Gasteiger partial charge in [0, 0.05) is 19.3 Å². The fourth-order valence-corrected chi connectivity index (χ4v) is 3.21. The average Bonchev–Trinajstić information content (AvgIpc) is 2.89. The molecule has 126 valence electrons. The van der Waals surface area contributed by atoms with Gasteiger partial charge in [0.15, 0.2) is 0 Å². The van der Waals surface area contributed by atoms with E-state index in [1.54, 1.807) is 12.3 Å². The Balaban J connectivity index is 1.68. The molecule has 1 atom stereocenters. The van der Waals surface area contributed by atoms with E-state index in [9.17, 15) is 4.79 Å². The lowest BCUT2D eigenvalue weighted by Crippen LogP contribution is -2.26. The normalized spacial score (nSPS) is 18.0. The molecule has 24 heavy (non-hydrogen) atoms. The van der Waals surface area contributed by atoms with Gasteiger partial charge in [-0.05, 0) is 36.8 Å². The van der Waals surface area contributed by atoms with Crippen molar-refractivity contribution in [2.45, 2.75) is 31.6 Å². The Hall–Kier alpha value is -2.43. The third-order valence-corrected chi connectivity index (χ3v) is 4.54. The van der Waals surface area contributed by atoms with Crippen molar-refractivity contribution in [1.29, 1.82) is 0 Å². The second kappa shape index (κ2) is 7.90. The van der Waals surface area contributed by atoms with Crippen LogP contribution in [0.25, 0.3) is 0 Å². The van der Waals surface area contributed by atoms with Crippen LogP contribution < -0.4 is 4.90 Å². The molecule has 1 fully saturated rings. The van der Waals surface area contributed by atoms with Gasteiger partial charge >= 0.3 is 5.97 Å². The van der Waals surface area contributed by atoms with Crippen LogP contribution >= 0.6 is 0 Å². The standard InChI is InChI=1S/C19H23N3O2/c1-24-18(23)14-17-9-11-20-19(21-17)22-12-5-8-16(10-13-22)15-6-3-2-4-7-15/h2-4,6-7,9,11,16H,5,8,10,12-14H2,1H3. The van der Waals surface area contributed by atoms with Crippen LogP contribution in [0.4, 0.5) is 5.95 Å². The highest BCUT2D eigenvalue weighted by molar-refractivity contribution is 5.71. The smallest absolute Gasteiger partial charge is 0.311 e. The zero-order valence-electron chi connectivity index (χ0n) is 14.0. The number of hydrogen-bond donors (Lipinski definition) is 0. The Morgan fingerprint density at radius 2 is 2.04 bits per heavy atom. The van der Waals surface area contributed by atoms with Crippen LogP contribution in [-0.4, -0.2) is 36.1 Å². The summed E-state index contributed by atoms with van der Waals surface area (Å²) in [6.07, 6.45) is 5.30. The van der Waals surface area contributed by atoms with Crippen molar-refractivity contribution >= 4 is 11.9 Å². The van der Waals surface area contributed by atoms with Gasteiger partial charge in [0.2, 0.25) is 5.95 Å². The van der Waals surface area contributed by atoms with E-state index in [1.807, 2.05) is 0 Å². The highest BCUT2D eigenvalue weighted by Gasteiger charge is 2.20. The van der Waals surface area contributed by atoms with E-state index in [1.165, 1.54) is 19.1 Å². The summed E-state index contributed by atoms with van der Waals surface area (Å²) in [4.78, 5) is 22.6. The summed E-state index contributed by atoms with van der Waals surface area (Å²) in [6, 6.07) is 12.5. The predicted molar refractivity (Wildman–Crippen MR) is 93.0 cm³/mol. The second-order valence-electron chi connectivity index (χ2n) is 6.13. The van der Waals surface area contributed by atoms with Crippen LogP contribution in [0.3, 0.4) is 0 Å². The monoisotopic (exact) mass is 325 g/mol. The van der Waals surface area contributed by atoms with Crippen molar-refractivity contribution in [2.75, 3.05) is 25.1 Å². The molecule has 0 aliphatic carbocycles. The van der Waals surface area contributed by atoms with Crippen LogP contribution in [-0.2, 0) is 16.0 Å². The molecule has 2 heterocycles. The first-order chi connectivity index (χ1) is 11.8. The highest BCUT2D eigenvalue weighted by Crippen LogP contribution is 2.28. The SMILES string of the molecule is COC(=O)Cc1ccnc(N2CCCC(c3ccccc3)CC2)n1. The van der Waals surface area contributed by atoms with Crippen molar-refractivity contribution in [1.82, 2.24) is 9.97 Å². The fourth-order valence-electron chi connectivity index (χ4n) is 3.21. The Kier molecular flexibility index (Phi) is 5.41. The van der Waals surface area contributed by atoms with Crippen LogP contribution in [0, 0.1) is 0 Å². The number of ether oxygens (including phenoxy) is 1. The molecular formula is C19H23N3O2. The number of methoxy groups -OCH3 is 1. The zero-order valence-corrected chi connectivity index (χ0v) is 14.0. The minimum atomic E-state index is -0.278. The molecule has 1 aliphatic rings. The number of esters is 1. The third-order valence-electron chi connectivity index (χ3n) is 4.54. The van der Waals surface area contributed by atoms with E-state index >= 15 is 0 Å². The van der Waals surface area contributed by atoms with E-state index in [-0.39, 0.29) is 12.4 Å². The first-order valence-corrected chi connectivity index (χ1v) is 8.45. The lowest BCUT2D eigenvalue weighted by atomic mass is 9.92. The molecule has 5 heteroatoms. The Morgan fingerprint density at radius 3 is 2.83 bits per heavy atom. The first-order valence-electron chi connectivity index (χ1n) is 8.45. The van der Waals surface area contributed by atoms with Crippen LogP contribution in [0.2, 0.25) is 0 Å². The Bertz CT molecular complexity index is 675. The minimum Gasteiger partial charge on any atom is -0.469 e. The van der Waals surface area contributed by atoms with Gasteiger partial charge in [-0.15, -0.1) is 0 Å². The summed E-state index contributed by atoms with van der Waals surface area (Å²) in [6.45, 7) is 1.88. The quantitative estimate of drug-likeness (QED) is 0.809. The molecule has 2 aromatic rings. The molecule has 0 bridgehead atoms. The molecule has 0 N–H and O–H groups in total. The maximum atomic E-state index is 11.4. The topological polar surface area (TPSA) is 55.3 Å². The van der Waals surface area contributed by atoms with Gasteiger partial charge in [0.25, 0.3) is 0 Å². The highest BCUT2D eigenvalue weighted by atomic mass is 16.5. The Labute approximate surface area is 142 Å². The van der Waals surface area contributed by atoms with E-state index in [2.05, 4.69) is 45.2 Å². The zero-order chi connectivity index (χ0) is 16.8. The number of anilines is 1. The molecule has 1 aliphatic heterocycles. The third kappa shape index (κ3) is 4.10. The number of carbonyl (C=O) groups is 1. The lowest BCUT2D eigenvalue weighted by molar-refractivity contribution is -0.139. The Morgan fingerprint density at radius 1 is 1.21 bits per heavy atom. The molecule has 0 saturated carbocycles. The number of hydrogen-bond acceptors (Lipinski definition) is 5. The molecule has 0 amide bonds. The van der Waals surface area contributed by atoms with Crippen molar-refractivity contribution in [3.05, 3.63) is 53.9 Å². The minimum absolute atomic E-state index is 0.187. The van der Waals surface area contributed by atoms with E-state index < -0.39 is 0 Å². The van der Waals surface area contributed by atoms with Gasteiger partial charge in [-0.2, -0.15) is 0 Å². The summed E-state index contributed by atoms with van der Waals surface area (Å²) in [5, 5.41) is 0. The van der Waals surface area contributed by atoms with Gasteiger partial charge in [-0.1, -0.05) is 30.3 Å². The number of benzene rings is 1. The molecule has 1 aromatic carbocycles. The van der Waals surface area contributed by atoms with Crippen LogP contribution in [0.1, 0.15) is 36.4 Å². The summed E-state index contributed by atoms with van der Waals surface area (Å²) in [5.41, 5.74) is 2.12. The number of rotatable bonds is 4. The van der Waals surface area contributed by atoms with Crippen LogP contribution in [0.15, 0.2) is 42.6 Å². The summed E-state index contributed by atoms with van der Waals surface area (Å²) in [7, 11) is 1.39. The number of aromatic nitrogens is 2. The molecule has 5 nitrogen and oxygen atoms in total. The van der Waals surface area contributed by atoms with Crippen molar-refractivity contribution in [3.8, 4) is 0 Å². The second-order valence-corrected chi connectivity index (χ2v) is 6.13. The summed E-state index contributed by atoms with van der Waals surface area (Å²) in [5.74, 6) is 1.03. The average molecular weight is 325 g/mol. The van der Waals surface area contributed by atoms with Gasteiger partial charge in [0.05, 0.1) is 19.2 Å². The fraction of sp³-hybridized carbons (Fsp3) is 0.421. The summed E-state index contributed by atoms with van der Waals surface area (Å²) >= 11 is 0. The lowest BCUT2D eigenvalue weighted by Gasteiger charge is -2.21. The van der Waals surface area contributed by atoms with Gasteiger partial charge in [-0.3, -0.25) is 4.79 Å². The molecular weight excluding hydrogens is 302 g/mol. The predicted octanol–water partition coefficient (Wildman–Crippen LogP) is 2.97. The van der Waals surface area contributed by atoms with Crippen LogP contribution in [0.5, 0.6) is 0 Å². The van der Waals surface area contributed by atoms with Gasteiger partial charge < -0.3 is 9.64 Å². The molecule has 1 aromatic heterocycles. The van der Waals surface area contributed by atoms with Gasteiger partial charge in [0.1, 0.15) is 0 Å². The van der Waals surface area contributed by atoms with Crippen molar-refractivity contribution in [2.24, 2.45) is 0 Å². The first kappa shape index (κ1) is 16.4. The molecule has 0 radical (unpaired) electrons. The number of carbonyl (C=O) groups excluding carboxylic acids is 1. The number of nitrogens with zero attached hydrogens (tertiary/aromatic N) is 3. The van der Waals surface area contributed by atoms with E-state index in [0.29, 0.717) is 17.6 Å². The molecule has 1 unspecified atom stereocenters. The largest absolute Gasteiger partial charge is 0.469 e. The molecule has 3 rings (SSSR count). The molecule has 0 spiro atoms. The van der Waals surface area contributed by atoms with Crippen molar-refractivity contribution < 1.29 is 9.53 Å². The summed E-state index contributed by atoms with van der Waals surface area (Å²) < 4.78 is 4.71. The van der Waals surface area contributed by atoms with Gasteiger partial charge in [-0.25, -0.2) is 9.97 Å². The maximum absolute atomic E-state index is 11.4. The maximum Gasteiger partial charge on any atom is 0.311 e.